The van der Waals surface area contributed by atoms with Crippen LogP contribution in [-0.4, -0.2) is 69.4 Å². The van der Waals surface area contributed by atoms with Gasteiger partial charge in [-0.1, -0.05) is 6.42 Å². The van der Waals surface area contributed by atoms with E-state index in [1.54, 1.807) is 23.0 Å². The number of hydrogen-bond acceptors (Lipinski definition) is 4. The number of piperidine rings is 1. The Kier molecular flexibility index (Phi) is 7.40. The second-order valence-electron chi connectivity index (χ2n) is 7.63. The Morgan fingerprint density at radius 2 is 1.87 bits per heavy atom. The van der Waals surface area contributed by atoms with Gasteiger partial charge in [-0.05, 0) is 57.1 Å². The van der Waals surface area contributed by atoms with E-state index in [1.165, 1.54) is 44.5 Å². The van der Waals surface area contributed by atoms with Crippen LogP contribution in [0.4, 0.5) is 9.18 Å². The molecule has 0 aliphatic carbocycles. The summed E-state index contributed by atoms with van der Waals surface area (Å²) < 4.78 is 14.7. The summed E-state index contributed by atoms with van der Waals surface area (Å²) in [5.41, 5.74) is 1.70. The molecule has 4 rings (SSSR count). The van der Waals surface area contributed by atoms with Gasteiger partial charge in [0.25, 0.3) is 6.47 Å². The number of carbonyl (C=O) groups is 2. The lowest BCUT2D eigenvalue weighted by molar-refractivity contribution is -0.122. The number of hydrogen-bond donors (Lipinski definition) is 2. The van der Waals surface area contributed by atoms with Crippen molar-refractivity contribution in [2.75, 3.05) is 26.2 Å². The average Bonchev–Trinajstić information content (AvgIpc) is 3.19. The van der Waals surface area contributed by atoms with Crippen molar-refractivity contribution in [1.82, 2.24) is 24.9 Å². The summed E-state index contributed by atoms with van der Waals surface area (Å²) in [5.74, 6) is -0.274. The highest BCUT2D eigenvalue weighted by molar-refractivity contribution is 5.75. The minimum absolute atomic E-state index is 0.0229. The predicted molar refractivity (Wildman–Crippen MR) is 110 cm³/mol. The maximum atomic E-state index is 13.1. The molecule has 162 valence electrons. The number of halogens is 1. The molecule has 30 heavy (non-hydrogen) atoms. The summed E-state index contributed by atoms with van der Waals surface area (Å²) in [4.78, 5) is 25.2. The van der Waals surface area contributed by atoms with E-state index in [4.69, 9.17) is 9.90 Å². The molecule has 8 nitrogen and oxygen atoms in total. The molecule has 1 unspecified atom stereocenters. The van der Waals surface area contributed by atoms with Crippen LogP contribution in [0.5, 0.6) is 0 Å². The average molecular weight is 417 g/mol. The van der Waals surface area contributed by atoms with Gasteiger partial charge in [0, 0.05) is 30.9 Å². The number of benzene rings is 1. The first-order valence-electron chi connectivity index (χ1n) is 10.2. The number of nitrogens with zero attached hydrogens (tertiary/aromatic N) is 4. The van der Waals surface area contributed by atoms with Gasteiger partial charge in [-0.2, -0.15) is 5.10 Å². The minimum Gasteiger partial charge on any atom is -0.483 e. The fourth-order valence-electron chi connectivity index (χ4n) is 3.79. The van der Waals surface area contributed by atoms with Crippen LogP contribution in [0.1, 0.15) is 37.8 Å². The molecule has 2 fully saturated rings. The molecular formula is C21H28FN5O3. The van der Waals surface area contributed by atoms with Gasteiger partial charge in [0.15, 0.2) is 0 Å². The van der Waals surface area contributed by atoms with E-state index < -0.39 is 0 Å². The van der Waals surface area contributed by atoms with Crippen molar-refractivity contribution in [3.63, 3.8) is 0 Å². The van der Waals surface area contributed by atoms with E-state index in [2.05, 4.69) is 15.3 Å². The first-order valence-corrected chi connectivity index (χ1v) is 10.2. The van der Waals surface area contributed by atoms with E-state index in [-0.39, 0.29) is 24.4 Å². The molecule has 0 radical (unpaired) electrons. The molecule has 0 spiro atoms. The van der Waals surface area contributed by atoms with E-state index in [1.807, 2.05) is 18.0 Å². The summed E-state index contributed by atoms with van der Waals surface area (Å²) in [5, 5.41) is 14.3. The van der Waals surface area contributed by atoms with Gasteiger partial charge in [-0.15, -0.1) is 0 Å². The van der Waals surface area contributed by atoms with Crippen LogP contribution in [-0.2, 0) is 4.79 Å². The summed E-state index contributed by atoms with van der Waals surface area (Å²) in [6, 6.07) is 6.53. The van der Waals surface area contributed by atoms with Crippen LogP contribution >= 0.6 is 0 Å². The summed E-state index contributed by atoms with van der Waals surface area (Å²) in [7, 11) is 0. The molecule has 9 heteroatoms. The lowest BCUT2D eigenvalue weighted by Crippen LogP contribution is -2.63. The molecule has 0 bridgehead atoms. The molecule has 2 saturated heterocycles. The largest absolute Gasteiger partial charge is 0.483 e. The Labute approximate surface area is 175 Å². The number of carboxylic acid groups (broad SMARTS) is 1. The zero-order chi connectivity index (χ0) is 21.5. The Bertz CT molecular complexity index is 829. The van der Waals surface area contributed by atoms with E-state index >= 15 is 0 Å². The molecule has 2 aliphatic rings. The molecular weight excluding hydrogens is 389 g/mol. The molecule has 2 aromatic rings. The second kappa shape index (κ2) is 10.2. The smallest absolute Gasteiger partial charge is 0.317 e. The van der Waals surface area contributed by atoms with E-state index in [0.717, 1.165) is 24.3 Å². The molecule has 2 aliphatic heterocycles. The second-order valence-corrected chi connectivity index (χ2v) is 7.63. The zero-order valence-corrected chi connectivity index (χ0v) is 17.1. The summed E-state index contributed by atoms with van der Waals surface area (Å²) in [6.07, 6.45) is 7.48. The Morgan fingerprint density at radius 3 is 2.50 bits per heavy atom. The van der Waals surface area contributed by atoms with Gasteiger partial charge in [-0.25, -0.2) is 13.9 Å². The Morgan fingerprint density at radius 1 is 1.23 bits per heavy atom. The third-order valence-electron chi connectivity index (χ3n) is 5.59. The lowest BCUT2D eigenvalue weighted by Gasteiger charge is -2.46. The van der Waals surface area contributed by atoms with Gasteiger partial charge >= 0.3 is 6.03 Å². The van der Waals surface area contributed by atoms with Gasteiger partial charge in [-0.3, -0.25) is 9.69 Å². The van der Waals surface area contributed by atoms with Gasteiger partial charge in [0.2, 0.25) is 0 Å². The first-order chi connectivity index (χ1) is 14.5. The highest BCUT2D eigenvalue weighted by atomic mass is 19.1. The van der Waals surface area contributed by atoms with Gasteiger partial charge in [0.05, 0.1) is 17.9 Å². The van der Waals surface area contributed by atoms with Crippen LogP contribution in [0.2, 0.25) is 0 Å². The predicted octanol–water partition coefficient (Wildman–Crippen LogP) is 2.65. The number of amides is 2. The third kappa shape index (κ3) is 5.35. The SMILES string of the molecule is CC(NC(=O)N1CC(N2CCCCC2)C1)c1cnn(-c2ccc(F)cc2)c1.O=CO. The van der Waals surface area contributed by atoms with Crippen LogP contribution in [0.25, 0.3) is 5.69 Å². The molecule has 3 heterocycles. The maximum Gasteiger partial charge on any atom is 0.317 e. The lowest BCUT2D eigenvalue weighted by atomic mass is 10.0. The monoisotopic (exact) mass is 417 g/mol. The number of likely N-dealkylation sites (tertiary alicyclic amines) is 2. The number of carbonyl (C=O) groups excluding carboxylic acids is 1. The zero-order valence-electron chi connectivity index (χ0n) is 17.1. The number of aromatic nitrogens is 2. The fraction of sp³-hybridized carbons (Fsp3) is 0.476. The fourth-order valence-corrected chi connectivity index (χ4v) is 3.79. The number of urea groups is 1. The van der Waals surface area contributed by atoms with Crippen molar-refractivity contribution in [1.29, 1.82) is 0 Å². The molecule has 0 saturated carbocycles. The van der Waals surface area contributed by atoms with Crippen molar-refractivity contribution in [2.45, 2.75) is 38.3 Å². The molecule has 1 atom stereocenters. The quantitative estimate of drug-likeness (QED) is 0.747. The van der Waals surface area contributed by atoms with Crippen LogP contribution in [0.15, 0.2) is 36.7 Å². The molecule has 1 aromatic heterocycles. The van der Waals surface area contributed by atoms with Crippen LogP contribution in [0, 0.1) is 5.82 Å². The Balaban J connectivity index is 0.000000806. The van der Waals surface area contributed by atoms with Gasteiger partial charge in [0.1, 0.15) is 5.82 Å². The standard InChI is InChI=1S/C20H26FN5O.CH2O2/c1-15(16-11-22-26(12-16)18-7-5-17(21)6-8-18)23-20(27)25-13-19(14-25)24-9-3-2-4-10-24;2-1-3/h5-8,11-12,15,19H,2-4,9-10,13-14H2,1H3,(H,23,27);1H,(H,2,3). The van der Waals surface area contributed by atoms with Crippen LogP contribution in [0.3, 0.4) is 0 Å². The highest BCUT2D eigenvalue weighted by Crippen LogP contribution is 2.21. The number of nitrogens with one attached hydrogen (secondary N) is 1. The van der Waals surface area contributed by atoms with Crippen molar-refractivity contribution < 1.29 is 19.1 Å². The third-order valence-corrected chi connectivity index (χ3v) is 5.59. The normalized spacial score (nSPS) is 18.0. The summed E-state index contributed by atoms with van der Waals surface area (Å²) in [6.45, 7) is 5.66. The van der Waals surface area contributed by atoms with E-state index in [9.17, 15) is 9.18 Å². The van der Waals surface area contributed by atoms with Crippen molar-refractivity contribution >= 4 is 12.5 Å². The minimum atomic E-state index is -0.274. The van der Waals surface area contributed by atoms with Crippen molar-refractivity contribution in [3.05, 3.63) is 48.0 Å². The van der Waals surface area contributed by atoms with Crippen molar-refractivity contribution in [3.8, 4) is 5.69 Å². The molecule has 2 N–H and O–H groups in total. The number of rotatable bonds is 4. The van der Waals surface area contributed by atoms with E-state index in [0.29, 0.717) is 6.04 Å². The maximum absolute atomic E-state index is 13.1. The first kappa shape index (κ1) is 21.8. The van der Waals surface area contributed by atoms with Crippen molar-refractivity contribution in [2.24, 2.45) is 0 Å². The highest BCUT2D eigenvalue weighted by Gasteiger charge is 2.35. The van der Waals surface area contributed by atoms with Crippen LogP contribution < -0.4 is 5.32 Å². The molecule has 1 aromatic carbocycles. The summed E-state index contributed by atoms with van der Waals surface area (Å²) >= 11 is 0. The van der Waals surface area contributed by atoms with Gasteiger partial charge < -0.3 is 15.3 Å². The molecule has 2 amide bonds. The Hall–Kier alpha value is -2.94. The topological polar surface area (TPSA) is 90.7 Å².